The van der Waals surface area contributed by atoms with Crippen LogP contribution in [0.25, 0.3) is 0 Å². The summed E-state index contributed by atoms with van der Waals surface area (Å²) in [5.41, 5.74) is 1.25. The minimum Gasteiger partial charge on any atom is -0.494 e. The highest BCUT2D eigenvalue weighted by Crippen LogP contribution is 2.37. The fraction of sp³-hybridized carbons (Fsp3) is 0.143. The van der Waals surface area contributed by atoms with Crippen LogP contribution in [0.5, 0.6) is 5.75 Å². The van der Waals surface area contributed by atoms with Crippen LogP contribution in [0.3, 0.4) is 0 Å². The van der Waals surface area contributed by atoms with Gasteiger partial charge in [0, 0.05) is 0 Å². The Kier molecular flexibility index (Phi) is 4.45. The molecule has 2 heteroatoms. The van der Waals surface area contributed by atoms with Crippen molar-refractivity contribution in [2.45, 2.75) is 12.5 Å². The highest BCUT2D eigenvalue weighted by Gasteiger charge is 2.33. The van der Waals surface area contributed by atoms with Crippen LogP contribution in [-0.4, -0.2) is 11.7 Å². The lowest BCUT2D eigenvalue weighted by Crippen LogP contribution is -2.28. The van der Waals surface area contributed by atoms with E-state index >= 15 is 0 Å². The summed E-state index contributed by atoms with van der Waals surface area (Å²) in [5, 5.41) is 11.7. The molecule has 0 bridgehead atoms. The van der Waals surface area contributed by atoms with Crippen molar-refractivity contribution in [3.63, 3.8) is 0 Å². The number of ether oxygens (including phenoxy) is 1. The lowest BCUT2D eigenvalue weighted by atomic mass is 9.80. The molecule has 1 N–H and O–H groups in total. The molecule has 23 heavy (non-hydrogen) atoms. The zero-order chi connectivity index (χ0) is 16.1. The van der Waals surface area contributed by atoms with Crippen LogP contribution in [0, 0.1) is 0 Å². The summed E-state index contributed by atoms with van der Waals surface area (Å²) in [6.45, 7) is 2.55. The third-order valence-corrected chi connectivity index (χ3v) is 3.95. The molecule has 0 amide bonds. The molecule has 0 fully saturated rings. The fourth-order valence-corrected chi connectivity index (χ4v) is 2.84. The molecule has 0 aliphatic carbocycles. The molecule has 0 aromatic heterocycles. The van der Waals surface area contributed by atoms with E-state index in [2.05, 4.69) is 0 Å². The molecule has 0 saturated carbocycles. The van der Waals surface area contributed by atoms with E-state index in [4.69, 9.17) is 4.74 Å². The van der Waals surface area contributed by atoms with Crippen LogP contribution < -0.4 is 4.74 Å². The van der Waals surface area contributed by atoms with Crippen molar-refractivity contribution >= 4 is 0 Å². The minimum atomic E-state index is -1.21. The van der Waals surface area contributed by atoms with E-state index < -0.39 is 5.60 Å². The smallest absolute Gasteiger partial charge is 0.140 e. The molecule has 3 aromatic carbocycles. The standard InChI is InChI=1S/C21H20O2/c1-2-23-20-15-9-14-19(16-20)21(22,17-10-5-3-6-11-17)18-12-7-4-8-13-18/h3-16,22H,2H2,1H3. The first kappa shape index (κ1) is 15.3. The van der Waals surface area contributed by atoms with Gasteiger partial charge in [-0.05, 0) is 35.7 Å². The van der Waals surface area contributed by atoms with Gasteiger partial charge in [0.2, 0.25) is 0 Å². The molecule has 0 unspecified atom stereocenters. The monoisotopic (exact) mass is 304 g/mol. The maximum atomic E-state index is 11.7. The second-order valence-corrected chi connectivity index (χ2v) is 5.40. The van der Waals surface area contributed by atoms with Crippen LogP contribution in [0.15, 0.2) is 84.9 Å². The maximum Gasteiger partial charge on any atom is 0.140 e. The van der Waals surface area contributed by atoms with Crippen molar-refractivity contribution in [3.8, 4) is 5.75 Å². The molecule has 0 atom stereocenters. The maximum absolute atomic E-state index is 11.7. The quantitative estimate of drug-likeness (QED) is 0.709. The van der Waals surface area contributed by atoms with Crippen molar-refractivity contribution in [3.05, 3.63) is 102 Å². The number of benzene rings is 3. The molecule has 3 rings (SSSR count). The highest BCUT2D eigenvalue weighted by molar-refractivity contribution is 5.48. The van der Waals surface area contributed by atoms with Gasteiger partial charge in [0.05, 0.1) is 6.61 Å². The second kappa shape index (κ2) is 6.67. The summed E-state index contributed by atoms with van der Waals surface area (Å²) in [4.78, 5) is 0. The van der Waals surface area contributed by atoms with E-state index in [1.54, 1.807) is 0 Å². The molecule has 116 valence electrons. The van der Waals surface area contributed by atoms with Crippen LogP contribution >= 0.6 is 0 Å². The molecular weight excluding hydrogens is 284 g/mol. The van der Waals surface area contributed by atoms with Gasteiger partial charge >= 0.3 is 0 Å². The van der Waals surface area contributed by atoms with E-state index in [1.807, 2.05) is 91.9 Å². The Morgan fingerprint density at radius 1 is 0.739 bits per heavy atom. The molecule has 0 spiro atoms. The summed E-state index contributed by atoms with van der Waals surface area (Å²) >= 11 is 0. The zero-order valence-corrected chi connectivity index (χ0v) is 13.1. The summed E-state index contributed by atoms with van der Waals surface area (Å²) < 4.78 is 5.60. The summed E-state index contributed by atoms with van der Waals surface area (Å²) in [5.74, 6) is 0.760. The van der Waals surface area contributed by atoms with E-state index in [0.29, 0.717) is 6.61 Å². The first-order valence-corrected chi connectivity index (χ1v) is 7.82. The van der Waals surface area contributed by atoms with Crippen molar-refractivity contribution in [1.82, 2.24) is 0 Å². The van der Waals surface area contributed by atoms with Gasteiger partial charge in [-0.1, -0.05) is 72.8 Å². The van der Waals surface area contributed by atoms with Gasteiger partial charge in [-0.25, -0.2) is 0 Å². The van der Waals surface area contributed by atoms with Gasteiger partial charge in [-0.3, -0.25) is 0 Å². The van der Waals surface area contributed by atoms with E-state index in [-0.39, 0.29) is 0 Å². The Hall–Kier alpha value is -2.58. The normalized spacial score (nSPS) is 11.2. The van der Waals surface area contributed by atoms with Crippen LogP contribution in [0.1, 0.15) is 23.6 Å². The summed E-state index contributed by atoms with van der Waals surface area (Å²) in [7, 11) is 0. The third-order valence-electron chi connectivity index (χ3n) is 3.95. The second-order valence-electron chi connectivity index (χ2n) is 5.40. The average Bonchev–Trinajstić information content (AvgIpc) is 2.63. The van der Waals surface area contributed by atoms with E-state index in [9.17, 15) is 5.11 Å². The van der Waals surface area contributed by atoms with Crippen LogP contribution in [-0.2, 0) is 5.60 Å². The lowest BCUT2D eigenvalue weighted by molar-refractivity contribution is 0.125. The van der Waals surface area contributed by atoms with Gasteiger partial charge in [0.1, 0.15) is 11.4 Å². The zero-order valence-electron chi connectivity index (χ0n) is 13.1. The number of aliphatic hydroxyl groups is 1. The van der Waals surface area contributed by atoms with Crippen LogP contribution in [0.4, 0.5) is 0 Å². The first-order chi connectivity index (χ1) is 11.2. The minimum absolute atomic E-state index is 0.596. The SMILES string of the molecule is CCOc1cccc(C(O)(c2ccccc2)c2ccccc2)c1. The Balaban J connectivity index is 2.19. The Bertz CT molecular complexity index is 712. The molecule has 0 aliphatic heterocycles. The van der Waals surface area contributed by atoms with E-state index in [0.717, 1.165) is 22.4 Å². The van der Waals surface area contributed by atoms with Gasteiger partial charge in [0.15, 0.2) is 0 Å². The first-order valence-electron chi connectivity index (χ1n) is 7.82. The third kappa shape index (κ3) is 2.99. The van der Waals surface area contributed by atoms with Gasteiger partial charge < -0.3 is 9.84 Å². The van der Waals surface area contributed by atoms with Gasteiger partial charge in [-0.2, -0.15) is 0 Å². The number of hydrogen-bond acceptors (Lipinski definition) is 2. The van der Waals surface area contributed by atoms with Crippen molar-refractivity contribution in [2.24, 2.45) is 0 Å². The molecule has 0 heterocycles. The predicted octanol–water partition coefficient (Wildman–Crippen LogP) is 4.37. The summed E-state index contributed by atoms with van der Waals surface area (Å²) in [6.07, 6.45) is 0. The van der Waals surface area contributed by atoms with Gasteiger partial charge in [-0.15, -0.1) is 0 Å². The molecule has 2 nitrogen and oxygen atoms in total. The number of hydrogen-bond donors (Lipinski definition) is 1. The van der Waals surface area contributed by atoms with Crippen LogP contribution in [0.2, 0.25) is 0 Å². The Morgan fingerprint density at radius 3 is 1.78 bits per heavy atom. The molecule has 0 radical (unpaired) electrons. The van der Waals surface area contributed by atoms with Crippen molar-refractivity contribution in [2.75, 3.05) is 6.61 Å². The predicted molar refractivity (Wildman–Crippen MR) is 92.6 cm³/mol. The molecule has 0 aliphatic rings. The molecule has 3 aromatic rings. The topological polar surface area (TPSA) is 29.5 Å². The molecular formula is C21H20O2. The Morgan fingerprint density at radius 2 is 1.26 bits per heavy atom. The molecule has 0 saturated heterocycles. The summed E-state index contributed by atoms with van der Waals surface area (Å²) in [6, 6.07) is 27.1. The van der Waals surface area contributed by atoms with Gasteiger partial charge in [0.25, 0.3) is 0 Å². The Labute approximate surface area is 137 Å². The fourth-order valence-electron chi connectivity index (χ4n) is 2.84. The highest BCUT2D eigenvalue weighted by atomic mass is 16.5. The lowest BCUT2D eigenvalue weighted by Gasteiger charge is -2.30. The number of rotatable bonds is 5. The van der Waals surface area contributed by atoms with E-state index in [1.165, 1.54) is 0 Å². The van der Waals surface area contributed by atoms with Crippen molar-refractivity contribution in [1.29, 1.82) is 0 Å². The average molecular weight is 304 g/mol. The van der Waals surface area contributed by atoms with Crippen molar-refractivity contribution < 1.29 is 9.84 Å². The largest absolute Gasteiger partial charge is 0.494 e.